The van der Waals surface area contributed by atoms with Crippen molar-refractivity contribution in [2.24, 2.45) is 10.2 Å². The summed E-state index contributed by atoms with van der Waals surface area (Å²) >= 11 is 5.91. The zero-order valence-electron chi connectivity index (χ0n) is 13.7. The van der Waals surface area contributed by atoms with E-state index in [0.717, 1.165) is 12.1 Å². The number of benzene rings is 1. The highest BCUT2D eigenvalue weighted by molar-refractivity contribution is 7.86. The first-order chi connectivity index (χ1) is 11.6. The number of carbonyl (C=O) groups excluding carboxylic acids is 2. The number of nitrogens with zero attached hydrogens (tertiary/aromatic N) is 2. The van der Waals surface area contributed by atoms with Crippen LogP contribution < -0.4 is 0 Å². The Kier molecular flexibility index (Phi) is 7.46. The zero-order valence-corrected chi connectivity index (χ0v) is 15.3. The Morgan fingerprint density at radius 1 is 1.20 bits per heavy atom. The summed E-state index contributed by atoms with van der Waals surface area (Å²) in [6.45, 7) is 4.59. The molecule has 9 nitrogen and oxygen atoms in total. The van der Waals surface area contributed by atoms with E-state index in [2.05, 4.69) is 10.2 Å². The van der Waals surface area contributed by atoms with E-state index < -0.39 is 33.0 Å². The number of carbonyl (C=O) groups is 2. The molecule has 0 unspecified atom stereocenters. The van der Waals surface area contributed by atoms with Crippen LogP contribution in [0.1, 0.15) is 19.4 Å². The molecule has 0 fully saturated rings. The molecule has 1 aromatic rings. The lowest BCUT2D eigenvalue weighted by Gasteiger charge is -2.10. The monoisotopic (exact) mass is 392 g/mol. The summed E-state index contributed by atoms with van der Waals surface area (Å²) < 4.78 is 41.6. The molecule has 0 heterocycles. The molecular weight excluding hydrogens is 376 g/mol. The Hall–Kier alpha value is -2.04. The van der Waals surface area contributed by atoms with Crippen molar-refractivity contribution >= 4 is 39.3 Å². The maximum Gasteiger partial charge on any atom is 0.344 e. The van der Waals surface area contributed by atoms with Crippen LogP contribution in [-0.2, 0) is 29.2 Å². The van der Waals surface area contributed by atoms with Crippen molar-refractivity contribution in [1.29, 1.82) is 0 Å². The van der Waals surface area contributed by atoms with E-state index in [9.17, 15) is 22.6 Å². The average molecular weight is 393 g/mol. The van der Waals surface area contributed by atoms with Gasteiger partial charge >= 0.3 is 11.9 Å². The first-order valence-corrected chi connectivity index (χ1v) is 8.95. The van der Waals surface area contributed by atoms with E-state index >= 15 is 0 Å². The minimum atomic E-state index is -4.63. The topological polar surface area (TPSA) is 132 Å². The van der Waals surface area contributed by atoms with Crippen molar-refractivity contribution in [2.45, 2.75) is 31.7 Å². The minimum Gasteiger partial charge on any atom is -0.464 e. The number of halogens is 1. The maximum atomic E-state index is 11.8. The highest BCUT2D eigenvalue weighted by Gasteiger charge is 2.30. The molecule has 0 atom stereocenters. The van der Waals surface area contributed by atoms with Gasteiger partial charge in [0.05, 0.1) is 13.2 Å². The summed E-state index contributed by atoms with van der Waals surface area (Å²) in [7, 11) is -4.63. The first kappa shape index (κ1) is 21.0. The molecule has 0 radical (unpaired) electrons. The van der Waals surface area contributed by atoms with Gasteiger partial charge in [0.15, 0.2) is 0 Å². The van der Waals surface area contributed by atoms with Crippen LogP contribution in [0.4, 0.5) is 5.69 Å². The fraction of sp³-hybridized carbons (Fsp3) is 0.429. The van der Waals surface area contributed by atoms with Crippen LogP contribution in [0.2, 0.25) is 5.02 Å². The standard InChI is InChI=1S/C14H17ClN2O7S/c1-4-23-13(18)12(14(19)24-5-2)17-16-10-7-9(15)8(3)6-11(10)25(20,21)22/h6-7,12H,4-5H2,1-3H3,(H,20,21,22). The van der Waals surface area contributed by atoms with Gasteiger partial charge in [0, 0.05) is 5.02 Å². The van der Waals surface area contributed by atoms with Crippen molar-refractivity contribution < 1.29 is 32.0 Å². The summed E-state index contributed by atoms with van der Waals surface area (Å²) in [6, 6.07) is 0.501. The number of ether oxygens (including phenoxy) is 2. The molecule has 25 heavy (non-hydrogen) atoms. The maximum absolute atomic E-state index is 11.8. The highest BCUT2D eigenvalue weighted by Crippen LogP contribution is 2.31. The van der Waals surface area contributed by atoms with Crippen molar-refractivity contribution in [1.82, 2.24) is 0 Å². The molecule has 1 rings (SSSR count). The van der Waals surface area contributed by atoms with Gasteiger partial charge in [0.1, 0.15) is 10.6 Å². The number of hydrogen-bond acceptors (Lipinski definition) is 8. The molecule has 0 saturated carbocycles. The third-order valence-corrected chi connectivity index (χ3v) is 4.11. The van der Waals surface area contributed by atoms with Gasteiger partial charge in [0.25, 0.3) is 16.2 Å². The van der Waals surface area contributed by atoms with Gasteiger partial charge in [-0.3, -0.25) is 4.55 Å². The van der Waals surface area contributed by atoms with Crippen LogP contribution in [0, 0.1) is 6.92 Å². The molecule has 1 N–H and O–H groups in total. The summed E-state index contributed by atoms with van der Waals surface area (Å²) in [6.07, 6.45) is 0. The van der Waals surface area contributed by atoms with Gasteiger partial charge in [-0.05, 0) is 38.5 Å². The molecule has 0 aliphatic carbocycles. The van der Waals surface area contributed by atoms with E-state index in [-0.39, 0.29) is 23.9 Å². The first-order valence-electron chi connectivity index (χ1n) is 7.13. The van der Waals surface area contributed by atoms with E-state index in [1.165, 1.54) is 20.8 Å². The Balaban J connectivity index is 3.33. The van der Waals surface area contributed by atoms with Crippen molar-refractivity contribution in [3.8, 4) is 0 Å². The van der Waals surface area contributed by atoms with Crippen LogP contribution in [0.5, 0.6) is 0 Å². The number of esters is 2. The van der Waals surface area contributed by atoms with Gasteiger partial charge < -0.3 is 9.47 Å². The summed E-state index contributed by atoms with van der Waals surface area (Å²) in [5.74, 6) is -2.01. The SMILES string of the molecule is CCOC(=O)C(N=Nc1cc(Cl)c(C)cc1S(=O)(=O)O)C(=O)OCC. The third kappa shape index (κ3) is 5.76. The lowest BCUT2D eigenvalue weighted by atomic mass is 10.2. The van der Waals surface area contributed by atoms with Crippen LogP contribution in [0.25, 0.3) is 0 Å². The molecule has 0 aromatic heterocycles. The van der Waals surface area contributed by atoms with Gasteiger partial charge in [-0.15, -0.1) is 0 Å². The number of hydrogen-bond donors (Lipinski definition) is 1. The van der Waals surface area contributed by atoms with E-state index in [1.54, 1.807) is 0 Å². The number of aryl methyl sites for hydroxylation is 1. The second kappa shape index (κ2) is 8.88. The van der Waals surface area contributed by atoms with Crippen molar-refractivity contribution in [2.75, 3.05) is 13.2 Å². The van der Waals surface area contributed by atoms with E-state index in [4.69, 9.17) is 21.1 Å². The van der Waals surface area contributed by atoms with E-state index in [1.807, 2.05) is 0 Å². The predicted octanol–water partition coefficient (Wildman–Crippen LogP) is 2.47. The van der Waals surface area contributed by atoms with Crippen LogP contribution >= 0.6 is 11.6 Å². The summed E-state index contributed by atoms with van der Waals surface area (Å²) in [4.78, 5) is 23.1. The van der Waals surface area contributed by atoms with Crippen LogP contribution in [0.3, 0.4) is 0 Å². The Morgan fingerprint density at radius 3 is 2.16 bits per heavy atom. The minimum absolute atomic E-state index is 0.00309. The Morgan fingerprint density at radius 2 is 1.72 bits per heavy atom. The summed E-state index contributed by atoms with van der Waals surface area (Å²) in [5.41, 5.74) is 0.0391. The molecule has 0 spiro atoms. The largest absolute Gasteiger partial charge is 0.464 e. The fourth-order valence-electron chi connectivity index (χ4n) is 1.68. The molecule has 0 saturated heterocycles. The van der Waals surface area contributed by atoms with Crippen molar-refractivity contribution in [3.63, 3.8) is 0 Å². The van der Waals surface area contributed by atoms with Gasteiger partial charge in [-0.2, -0.15) is 18.6 Å². The normalized spacial score (nSPS) is 11.8. The Labute approximate surface area is 149 Å². The Bertz CT molecular complexity index is 775. The molecule has 0 bridgehead atoms. The third-order valence-electron chi connectivity index (χ3n) is 2.82. The molecule has 1 aromatic carbocycles. The molecule has 138 valence electrons. The van der Waals surface area contributed by atoms with E-state index in [0.29, 0.717) is 5.56 Å². The summed E-state index contributed by atoms with van der Waals surface area (Å²) in [5, 5.41) is 7.26. The lowest BCUT2D eigenvalue weighted by molar-refractivity contribution is -0.156. The van der Waals surface area contributed by atoms with Gasteiger partial charge in [-0.1, -0.05) is 11.6 Å². The molecule has 0 amide bonds. The second-order valence-corrected chi connectivity index (χ2v) is 6.46. The number of rotatable bonds is 7. The molecular formula is C14H17ClN2O7S. The molecule has 0 aliphatic rings. The van der Waals surface area contributed by atoms with Gasteiger partial charge in [0.2, 0.25) is 0 Å². The van der Waals surface area contributed by atoms with Crippen LogP contribution in [0.15, 0.2) is 27.3 Å². The predicted molar refractivity (Wildman–Crippen MR) is 87.6 cm³/mol. The quantitative estimate of drug-likeness (QED) is 0.326. The molecule has 11 heteroatoms. The zero-order chi connectivity index (χ0) is 19.2. The molecule has 0 aliphatic heterocycles. The number of azo groups is 1. The average Bonchev–Trinajstić information content (AvgIpc) is 2.50. The smallest absolute Gasteiger partial charge is 0.344 e. The fourth-order valence-corrected chi connectivity index (χ4v) is 2.53. The van der Waals surface area contributed by atoms with Crippen LogP contribution in [-0.4, -0.2) is 44.2 Å². The second-order valence-electron chi connectivity index (χ2n) is 4.67. The van der Waals surface area contributed by atoms with Gasteiger partial charge in [-0.25, -0.2) is 9.59 Å². The highest BCUT2D eigenvalue weighted by atomic mass is 35.5. The lowest BCUT2D eigenvalue weighted by Crippen LogP contribution is -2.31. The van der Waals surface area contributed by atoms with Crippen molar-refractivity contribution in [3.05, 3.63) is 22.7 Å².